The highest BCUT2D eigenvalue weighted by atomic mass is 16.2. The van der Waals surface area contributed by atoms with Crippen LogP contribution in [0.1, 0.15) is 44.7 Å². The molecule has 1 fully saturated rings. The first-order chi connectivity index (χ1) is 11.2. The maximum absolute atomic E-state index is 12.2. The lowest BCUT2D eigenvalue weighted by atomic mass is 9.96. The van der Waals surface area contributed by atoms with Crippen molar-refractivity contribution < 1.29 is 4.79 Å². The van der Waals surface area contributed by atoms with Gasteiger partial charge in [-0.3, -0.25) is 4.79 Å². The Bertz CT molecular complexity index is 630. The van der Waals surface area contributed by atoms with Crippen LogP contribution in [0.25, 0.3) is 11.4 Å². The number of carbonyl (C=O) groups excluding carboxylic acids is 1. The average molecular weight is 314 g/mol. The lowest BCUT2D eigenvalue weighted by Crippen LogP contribution is -2.34. The minimum Gasteiger partial charge on any atom is -0.352 e. The zero-order valence-electron chi connectivity index (χ0n) is 14.0. The van der Waals surface area contributed by atoms with Crippen LogP contribution in [0, 0.1) is 0 Å². The molecule has 5 nitrogen and oxygen atoms in total. The van der Waals surface area contributed by atoms with Gasteiger partial charge in [-0.1, -0.05) is 6.92 Å². The standard InChI is InChI=1S/C18H26N4O/c1-3-13(2)20-17(23)12-22-9-5-7-14-10-16(21-18(14)22)15-6-4-8-19-11-15/h5,7,9-10,13,15,19H,3-4,6,8,11-12H2,1-2H3,(H,20,23)/t13-,15-/m0/s1. The predicted molar refractivity (Wildman–Crippen MR) is 91.6 cm³/mol. The zero-order valence-corrected chi connectivity index (χ0v) is 14.0. The molecule has 2 atom stereocenters. The van der Waals surface area contributed by atoms with Gasteiger partial charge in [-0.15, -0.1) is 0 Å². The molecular weight excluding hydrogens is 288 g/mol. The summed E-state index contributed by atoms with van der Waals surface area (Å²) < 4.78 is 1.95. The molecule has 0 bridgehead atoms. The summed E-state index contributed by atoms with van der Waals surface area (Å²) in [5.74, 6) is 1.44. The van der Waals surface area contributed by atoms with Crippen molar-refractivity contribution >= 4 is 5.91 Å². The van der Waals surface area contributed by atoms with Gasteiger partial charge >= 0.3 is 0 Å². The van der Waals surface area contributed by atoms with E-state index >= 15 is 0 Å². The normalized spacial score (nSPS) is 19.7. The number of carbonyl (C=O) groups is 1. The lowest BCUT2D eigenvalue weighted by Gasteiger charge is -2.20. The number of pyridine rings is 1. The molecule has 3 aliphatic heterocycles. The summed E-state index contributed by atoms with van der Waals surface area (Å²) in [4.78, 5) is 17.0. The van der Waals surface area contributed by atoms with Crippen LogP contribution >= 0.6 is 0 Å². The summed E-state index contributed by atoms with van der Waals surface area (Å²) in [6, 6.07) is 6.45. The van der Waals surface area contributed by atoms with Crippen LogP contribution in [-0.2, 0) is 11.3 Å². The molecule has 124 valence electrons. The van der Waals surface area contributed by atoms with Crippen LogP contribution in [0.5, 0.6) is 0 Å². The Morgan fingerprint density at radius 3 is 3.17 bits per heavy atom. The number of aromatic nitrogens is 2. The SMILES string of the molecule is CC[C@H](C)NC(=O)Cn1cccc2cc([C@H]3CCCNC3)nc1-2. The number of nitrogens with one attached hydrogen (secondary N) is 2. The topological polar surface area (TPSA) is 59.0 Å². The molecule has 0 spiro atoms. The highest BCUT2D eigenvalue weighted by Gasteiger charge is 2.21. The van der Waals surface area contributed by atoms with Gasteiger partial charge in [0.2, 0.25) is 5.91 Å². The number of fused-ring (bicyclic) bond motifs is 1. The summed E-state index contributed by atoms with van der Waals surface area (Å²) in [5.41, 5.74) is 2.26. The Balaban J connectivity index is 1.78. The third kappa shape index (κ3) is 3.72. The van der Waals surface area contributed by atoms with Gasteiger partial charge in [-0.25, -0.2) is 4.98 Å². The van der Waals surface area contributed by atoms with E-state index in [2.05, 4.69) is 29.7 Å². The molecule has 0 aromatic rings. The van der Waals surface area contributed by atoms with Crippen LogP contribution in [0.4, 0.5) is 0 Å². The molecule has 3 aliphatic rings. The van der Waals surface area contributed by atoms with Crippen LogP contribution in [0.2, 0.25) is 0 Å². The first-order valence-electron chi connectivity index (χ1n) is 8.63. The molecule has 0 saturated carbocycles. The van der Waals surface area contributed by atoms with E-state index in [4.69, 9.17) is 4.98 Å². The van der Waals surface area contributed by atoms with E-state index in [1.165, 1.54) is 12.8 Å². The maximum atomic E-state index is 12.2. The van der Waals surface area contributed by atoms with Crippen molar-refractivity contribution in [2.24, 2.45) is 0 Å². The monoisotopic (exact) mass is 314 g/mol. The van der Waals surface area contributed by atoms with Crippen LogP contribution in [0.15, 0.2) is 24.4 Å². The van der Waals surface area contributed by atoms with Crippen molar-refractivity contribution in [3.05, 3.63) is 30.1 Å². The van der Waals surface area contributed by atoms with Crippen LogP contribution in [0.3, 0.4) is 0 Å². The average Bonchev–Trinajstić information content (AvgIpc) is 3.01. The molecule has 0 aromatic heterocycles. The van der Waals surface area contributed by atoms with Gasteiger partial charge in [-0.2, -0.15) is 0 Å². The smallest absolute Gasteiger partial charge is 0.240 e. The quantitative estimate of drug-likeness (QED) is 0.891. The Hall–Kier alpha value is -1.88. The van der Waals surface area contributed by atoms with Gasteiger partial charge in [0, 0.05) is 36.0 Å². The zero-order chi connectivity index (χ0) is 16.2. The molecule has 0 radical (unpaired) electrons. The largest absolute Gasteiger partial charge is 0.352 e. The van der Waals surface area contributed by atoms with E-state index in [9.17, 15) is 4.79 Å². The second-order valence-electron chi connectivity index (χ2n) is 6.52. The second kappa shape index (κ2) is 7.13. The number of amides is 1. The van der Waals surface area contributed by atoms with Crippen molar-refractivity contribution in [3.63, 3.8) is 0 Å². The Labute approximate surface area is 137 Å². The molecule has 0 aromatic carbocycles. The van der Waals surface area contributed by atoms with E-state index < -0.39 is 0 Å². The first kappa shape index (κ1) is 16.0. The molecule has 23 heavy (non-hydrogen) atoms. The maximum Gasteiger partial charge on any atom is 0.240 e. The van der Waals surface area contributed by atoms with Crippen LogP contribution < -0.4 is 10.6 Å². The first-order valence-corrected chi connectivity index (χ1v) is 8.63. The fourth-order valence-corrected chi connectivity index (χ4v) is 3.14. The molecule has 3 heterocycles. The number of nitrogens with zero attached hydrogens (tertiary/aromatic N) is 2. The van der Waals surface area contributed by atoms with E-state index in [0.717, 1.165) is 36.6 Å². The molecule has 0 aliphatic carbocycles. The molecule has 0 unspecified atom stereocenters. The van der Waals surface area contributed by atoms with E-state index in [-0.39, 0.29) is 11.9 Å². The minimum atomic E-state index is 0.0423. The highest BCUT2D eigenvalue weighted by molar-refractivity contribution is 5.77. The molecule has 2 N–H and O–H groups in total. The van der Waals surface area contributed by atoms with Gasteiger partial charge in [0.05, 0.1) is 0 Å². The fourth-order valence-electron chi connectivity index (χ4n) is 3.14. The van der Waals surface area contributed by atoms with Crippen molar-refractivity contribution in [1.82, 2.24) is 20.2 Å². The Morgan fingerprint density at radius 1 is 1.57 bits per heavy atom. The number of hydrogen-bond donors (Lipinski definition) is 2. The van der Waals surface area contributed by atoms with Crippen molar-refractivity contribution in [1.29, 1.82) is 0 Å². The van der Waals surface area contributed by atoms with Gasteiger partial charge in [0.1, 0.15) is 12.4 Å². The van der Waals surface area contributed by atoms with Gasteiger partial charge in [-0.05, 0) is 50.9 Å². The summed E-state index contributed by atoms with van der Waals surface area (Å²) in [7, 11) is 0. The predicted octanol–water partition coefficient (Wildman–Crippen LogP) is 2.37. The molecule has 1 saturated heterocycles. The summed E-state index contributed by atoms with van der Waals surface area (Å²) in [6.07, 6.45) is 5.26. The van der Waals surface area contributed by atoms with Crippen molar-refractivity contribution in [2.75, 3.05) is 13.1 Å². The molecule has 3 rings (SSSR count). The third-order valence-corrected chi connectivity index (χ3v) is 4.66. The summed E-state index contributed by atoms with van der Waals surface area (Å²) in [6.45, 7) is 6.52. The third-order valence-electron chi connectivity index (χ3n) is 4.66. The summed E-state index contributed by atoms with van der Waals surface area (Å²) >= 11 is 0. The Morgan fingerprint density at radius 2 is 2.43 bits per heavy atom. The molecule has 5 heteroatoms. The van der Waals surface area contributed by atoms with E-state index in [1.54, 1.807) is 0 Å². The molecule has 1 amide bonds. The van der Waals surface area contributed by atoms with E-state index in [1.807, 2.05) is 23.8 Å². The highest BCUT2D eigenvalue weighted by Crippen LogP contribution is 2.29. The Kier molecular flexibility index (Phi) is 4.96. The van der Waals surface area contributed by atoms with Gasteiger partial charge in [0.25, 0.3) is 0 Å². The lowest BCUT2D eigenvalue weighted by molar-refractivity contribution is -0.122. The molecular formula is C18H26N4O. The van der Waals surface area contributed by atoms with E-state index in [0.29, 0.717) is 12.5 Å². The number of rotatable bonds is 5. The summed E-state index contributed by atoms with van der Waals surface area (Å²) in [5, 5.41) is 6.46. The number of hydrogen-bond acceptors (Lipinski definition) is 3. The minimum absolute atomic E-state index is 0.0423. The number of piperidine rings is 1. The second-order valence-corrected chi connectivity index (χ2v) is 6.52. The van der Waals surface area contributed by atoms with Crippen LogP contribution in [-0.4, -0.2) is 34.6 Å². The van der Waals surface area contributed by atoms with Crippen molar-refractivity contribution in [3.8, 4) is 11.4 Å². The van der Waals surface area contributed by atoms with Gasteiger partial charge < -0.3 is 15.2 Å². The fraction of sp³-hybridized carbons (Fsp3) is 0.556. The van der Waals surface area contributed by atoms with Crippen molar-refractivity contribution in [2.45, 2.75) is 51.6 Å². The van der Waals surface area contributed by atoms with Gasteiger partial charge in [0.15, 0.2) is 0 Å².